The molecule has 0 N–H and O–H groups in total. The van der Waals surface area contributed by atoms with Gasteiger partial charge in [-0.15, -0.1) is 18.8 Å². The summed E-state index contributed by atoms with van der Waals surface area (Å²) in [4.78, 5) is 0. The number of nitriles is 2. The van der Waals surface area contributed by atoms with Crippen LogP contribution >= 0.6 is 0 Å². The van der Waals surface area contributed by atoms with Gasteiger partial charge in [-0.2, -0.15) is 0 Å². The Labute approximate surface area is 96.4 Å². The number of aryl methyl sites for hydroxylation is 2. The first-order valence-electron chi connectivity index (χ1n) is 5.08. The van der Waals surface area contributed by atoms with Crippen molar-refractivity contribution in [3.63, 3.8) is 0 Å². The number of rotatable bonds is 2. The lowest BCUT2D eigenvalue weighted by Crippen LogP contribution is -2.29. The zero-order valence-corrected chi connectivity index (χ0v) is 10.2. The Balaban J connectivity index is 0.000000281. The van der Waals surface area contributed by atoms with E-state index in [9.17, 15) is 0 Å². The molecule has 0 unspecified atom stereocenters. The van der Waals surface area contributed by atoms with Crippen molar-refractivity contribution in [3.05, 3.63) is 18.7 Å². The molecule has 0 aliphatic rings. The normalized spacial score (nSPS) is 9.62. The summed E-state index contributed by atoms with van der Waals surface area (Å²) < 4.78 is 8.73. The summed E-state index contributed by atoms with van der Waals surface area (Å²) in [5.74, 6) is 3.51. The molecule has 0 aliphatic heterocycles. The zero-order chi connectivity index (χ0) is 12.6. The van der Waals surface area contributed by atoms with Crippen molar-refractivity contribution in [1.82, 2.24) is 4.57 Å². The number of hydrogen-bond acceptors (Lipinski definition) is 3. The molecule has 16 heavy (non-hydrogen) atoms. The van der Waals surface area contributed by atoms with Gasteiger partial charge in [-0.1, -0.05) is 0 Å². The van der Waals surface area contributed by atoms with Gasteiger partial charge in [0, 0.05) is 0 Å². The lowest BCUT2D eigenvalue weighted by atomic mass is 9.45. The van der Waals surface area contributed by atoms with Crippen molar-refractivity contribution < 1.29 is 9.22 Å². The molecule has 0 bridgehead atoms. The highest BCUT2D eigenvalue weighted by Gasteiger charge is 2.15. The molecular formula is C10H17BN4O. The van der Waals surface area contributed by atoms with Gasteiger partial charge >= 0.3 is 6.35 Å². The predicted octanol–water partition coefficient (Wildman–Crippen LogP) is 0.666. The molecule has 1 rings (SSSR count). The molecule has 6 heteroatoms. The Kier molecular flexibility index (Phi) is 5.91. The molecule has 5 nitrogen and oxygen atoms in total. The van der Waals surface area contributed by atoms with Gasteiger partial charge in [0.05, 0.1) is 13.6 Å². The van der Waals surface area contributed by atoms with Crippen LogP contribution in [0.25, 0.3) is 0 Å². The summed E-state index contributed by atoms with van der Waals surface area (Å²) >= 11 is 0. The Morgan fingerprint density at radius 2 is 2.00 bits per heavy atom. The molecule has 0 saturated heterocycles. The fraction of sp³-hybridized carbons (Fsp3) is 0.500. The predicted molar refractivity (Wildman–Crippen MR) is 61.1 cm³/mol. The minimum absolute atomic E-state index is 1.06. The van der Waals surface area contributed by atoms with Crippen LogP contribution in [0.3, 0.4) is 0 Å². The molecule has 86 valence electrons. The van der Waals surface area contributed by atoms with E-state index in [0.29, 0.717) is 0 Å². The smallest absolute Gasteiger partial charge is 0.312 e. The van der Waals surface area contributed by atoms with E-state index in [1.807, 2.05) is 17.8 Å². The molecule has 0 spiro atoms. The highest BCUT2D eigenvalue weighted by Crippen LogP contribution is 1.96. The summed E-state index contributed by atoms with van der Waals surface area (Å²) in [6.07, 6.45) is 4.30. The maximum atomic E-state index is 8.22. The van der Waals surface area contributed by atoms with E-state index >= 15 is 0 Å². The average molecular weight is 220 g/mol. The minimum atomic E-state index is -1.85. The largest absolute Gasteiger partial charge is 0.571 e. The van der Waals surface area contributed by atoms with E-state index in [2.05, 4.69) is 28.7 Å². The molecule has 0 aliphatic carbocycles. The van der Waals surface area contributed by atoms with Crippen LogP contribution in [0.2, 0.25) is 6.82 Å². The fourth-order valence-corrected chi connectivity index (χ4v) is 0.823. The van der Waals surface area contributed by atoms with Crippen LogP contribution in [0.5, 0.6) is 0 Å². The zero-order valence-electron chi connectivity index (χ0n) is 10.2. The maximum Gasteiger partial charge on any atom is 0.312 e. The molecule has 0 atom stereocenters. The van der Waals surface area contributed by atoms with E-state index in [1.165, 1.54) is 13.9 Å². The minimum Gasteiger partial charge on any atom is -0.571 e. The SMILES string of the molecule is CCn1cc[n+](C)c1.CO[B-](C)(C#N)C#N. The molecule has 0 fully saturated rings. The third-order valence-corrected chi connectivity index (χ3v) is 2.15. The van der Waals surface area contributed by atoms with E-state index < -0.39 is 6.35 Å². The van der Waals surface area contributed by atoms with Crippen LogP contribution in [-0.4, -0.2) is 18.0 Å². The highest BCUT2D eigenvalue weighted by atomic mass is 16.4. The average Bonchev–Trinajstić information content (AvgIpc) is 2.75. The van der Waals surface area contributed by atoms with Crippen LogP contribution in [0.4, 0.5) is 0 Å². The second kappa shape index (κ2) is 6.65. The van der Waals surface area contributed by atoms with Gasteiger partial charge in [0.25, 0.3) is 0 Å². The van der Waals surface area contributed by atoms with Crippen molar-refractivity contribution in [2.45, 2.75) is 20.3 Å². The molecular weight excluding hydrogens is 203 g/mol. The Hall–Kier alpha value is -1.79. The third kappa shape index (κ3) is 4.63. The van der Waals surface area contributed by atoms with Crippen molar-refractivity contribution in [1.29, 1.82) is 10.5 Å². The molecule has 1 aromatic heterocycles. The van der Waals surface area contributed by atoms with Crippen molar-refractivity contribution >= 4 is 6.35 Å². The maximum absolute atomic E-state index is 8.22. The number of nitrogens with zero attached hydrogens (tertiary/aromatic N) is 4. The number of aromatic nitrogens is 2. The number of imidazole rings is 1. The lowest BCUT2D eigenvalue weighted by molar-refractivity contribution is -0.671. The van der Waals surface area contributed by atoms with Gasteiger partial charge in [0.1, 0.15) is 12.4 Å². The monoisotopic (exact) mass is 220 g/mol. The third-order valence-electron chi connectivity index (χ3n) is 2.15. The Morgan fingerprint density at radius 1 is 1.44 bits per heavy atom. The van der Waals surface area contributed by atoms with Crippen molar-refractivity contribution in [3.8, 4) is 11.9 Å². The molecule has 0 aromatic carbocycles. The molecule has 1 aromatic rings. The summed E-state index contributed by atoms with van der Waals surface area (Å²) in [5.41, 5.74) is 0. The van der Waals surface area contributed by atoms with Crippen LogP contribution < -0.4 is 4.57 Å². The summed E-state index contributed by atoms with van der Waals surface area (Å²) in [5, 5.41) is 16.4. The van der Waals surface area contributed by atoms with Crippen LogP contribution in [0, 0.1) is 22.5 Å². The van der Waals surface area contributed by atoms with Crippen LogP contribution in [-0.2, 0) is 18.2 Å². The van der Waals surface area contributed by atoms with Gasteiger partial charge in [-0.3, -0.25) is 0 Å². The molecule has 0 saturated carbocycles. The van der Waals surface area contributed by atoms with Crippen molar-refractivity contribution in [2.75, 3.05) is 7.11 Å². The van der Waals surface area contributed by atoms with Crippen LogP contribution in [0.1, 0.15) is 6.92 Å². The second-order valence-electron chi connectivity index (χ2n) is 3.60. The number of hydrogen-bond donors (Lipinski definition) is 0. The van der Waals surface area contributed by atoms with Gasteiger partial charge in [0.2, 0.25) is 6.33 Å². The van der Waals surface area contributed by atoms with Gasteiger partial charge in [-0.25, -0.2) is 19.7 Å². The standard InChI is InChI=1S/C6H11N2.C4H6BN2O/c1-3-8-5-4-7(2)6-8;1-5(3-6,4-7)8-2/h4-6H,3H2,1-2H3;1-2H3/q+1;-1. The quantitative estimate of drug-likeness (QED) is 0.543. The molecule has 0 radical (unpaired) electrons. The fourth-order valence-electron chi connectivity index (χ4n) is 0.823. The first kappa shape index (κ1) is 14.2. The Bertz CT molecular complexity index is 388. The molecule has 1 heterocycles. The van der Waals surface area contributed by atoms with Gasteiger partial charge < -0.3 is 4.65 Å². The van der Waals surface area contributed by atoms with E-state index in [4.69, 9.17) is 10.5 Å². The van der Waals surface area contributed by atoms with E-state index in [0.717, 1.165) is 6.54 Å². The second-order valence-corrected chi connectivity index (χ2v) is 3.60. The Morgan fingerprint density at radius 3 is 2.12 bits per heavy atom. The first-order valence-corrected chi connectivity index (χ1v) is 5.08. The van der Waals surface area contributed by atoms with E-state index in [-0.39, 0.29) is 0 Å². The molecule has 0 amide bonds. The summed E-state index contributed by atoms with van der Waals surface area (Å²) in [7, 11) is 3.37. The summed E-state index contributed by atoms with van der Waals surface area (Å²) in [6, 6.07) is 0. The van der Waals surface area contributed by atoms with Crippen molar-refractivity contribution in [2.24, 2.45) is 7.05 Å². The lowest BCUT2D eigenvalue weighted by Gasteiger charge is -2.15. The highest BCUT2D eigenvalue weighted by molar-refractivity contribution is 6.86. The van der Waals surface area contributed by atoms with Gasteiger partial charge in [-0.05, 0) is 14.0 Å². The summed E-state index contributed by atoms with van der Waals surface area (Å²) in [6.45, 7) is 4.65. The van der Waals surface area contributed by atoms with Gasteiger partial charge in [0.15, 0.2) is 0 Å². The van der Waals surface area contributed by atoms with Crippen LogP contribution in [0.15, 0.2) is 18.7 Å². The first-order chi connectivity index (χ1) is 7.51. The van der Waals surface area contributed by atoms with E-state index in [1.54, 1.807) is 11.9 Å². The topological polar surface area (TPSA) is 65.6 Å².